The van der Waals surface area contributed by atoms with Crippen LogP contribution in [0, 0.1) is 5.92 Å². The Balaban J connectivity index is 0.00000320. The van der Waals surface area contributed by atoms with Gasteiger partial charge in [0.2, 0.25) is 0 Å². The van der Waals surface area contributed by atoms with Crippen LogP contribution in [0.1, 0.15) is 44.6 Å². The molecule has 2 aliphatic rings. The zero-order chi connectivity index (χ0) is 20.5. The summed E-state index contributed by atoms with van der Waals surface area (Å²) in [5, 5.41) is 6.97. The third-order valence-corrected chi connectivity index (χ3v) is 5.89. The van der Waals surface area contributed by atoms with Crippen molar-refractivity contribution in [1.29, 1.82) is 0 Å². The maximum atomic E-state index is 6.00. The fraction of sp³-hybridized carbons (Fsp3) is 0.696. The lowest BCUT2D eigenvalue weighted by Gasteiger charge is -2.34. The number of rotatable bonds is 8. The first-order chi connectivity index (χ1) is 14.2. The number of nitrogens with zero attached hydrogens (tertiary/aromatic N) is 2. The van der Waals surface area contributed by atoms with Gasteiger partial charge in [-0.3, -0.25) is 4.99 Å². The Labute approximate surface area is 199 Å². The van der Waals surface area contributed by atoms with Crippen molar-refractivity contribution >= 4 is 29.9 Å². The number of hydrogen-bond acceptors (Lipinski definition) is 4. The minimum Gasteiger partial charge on any atom is -0.491 e. The van der Waals surface area contributed by atoms with E-state index in [1.807, 2.05) is 19.2 Å². The molecular weight excluding hydrogens is 491 g/mol. The predicted molar refractivity (Wildman–Crippen MR) is 134 cm³/mol. The van der Waals surface area contributed by atoms with Crippen LogP contribution in [0.4, 0.5) is 0 Å². The maximum absolute atomic E-state index is 6.00. The van der Waals surface area contributed by atoms with Crippen molar-refractivity contribution in [2.45, 2.75) is 45.1 Å². The Morgan fingerprint density at radius 2 is 2.00 bits per heavy atom. The third kappa shape index (κ3) is 7.89. The molecule has 3 rings (SSSR count). The summed E-state index contributed by atoms with van der Waals surface area (Å²) in [5.41, 5.74) is 1.26. The van der Waals surface area contributed by atoms with Gasteiger partial charge in [0, 0.05) is 39.3 Å². The summed E-state index contributed by atoms with van der Waals surface area (Å²) in [5.74, 6) is 3.04. The lowest BCUT2D eigenvalue weighted by atomic mass is 10.0. The Bertz CT molecular complexity index is 642. The Morgan fingerprint density at radius 1 is 1.23 bits per heavy atom. The summed E-state index contributed by atoms with van der Waals surface area (Å²) in [6.45, 7) is 11.1. The molecule has 1 aromatic carbocycles. The third-order valence-electron chi connectivity index (χ3n) is 5.89. The van der Waals surface area contributed by atoms with Crippen LogP contribution in [-0.4, -0.2) is 69.9 Å². The number of piperidine rings is 1. The second kappa shape index (κ2) is 13.4. The van der Waals surface area contributed by atoms with E-state index in [1.54, 1.807) is 0 Å². The number of para-hydroxylation sites is 1. The monoisotopic (exact) mass is 530 g/mol. The van der Waals surface area contributed by atoms with E-state index in [1.165, 1.54) is 18.5 Å². The molecule has 0 bridgehead atoms. The predicted octanol–water partition coefficient (Wildman–Crippen LogP) is 3.47. The Kier molecular flexibility index (Phi) is 11.2. The SMILES string of the molecule is CN=C(NCCOc1ccccc1C(C)C)NC1CCN(CC2CCOC2)CC1.I. The molecule has 1 aromatic rings. The van der Waals surface area contributed by atoms with Crippen LogP contribution in [0.15, 0.2) is 29.3 Å². The first-order valence-electron chi connectivity index (χ1n) is 11.1. The summed E-state index contributed by atoms with van der Waals surface area (Å²) in [4.78, 5) is 6.97. The minimum atomic E-state index is 0. The van der Waals surface area contributed by atoms with E-state index in [9.17, 15) is 0 Å². The molecule has 2 saturated heterocycles. The number of nitrogens with one attached hydrogen (secondary N) is 2. The van der Waals surface area contributed by atoms with E-state index in [0.717, 1.165) is 63.3 Å². The fourth-order valence-corrected chi connectivity index (χ4v) is 4.16. The van der Waals surface area contributed by atoms with Crippen LogP contribution >= 0.6 is 24.0 Å². The van der Waals surface area contributed by atoms with Crippen LogP contribution in [0.5, 0.6) is 5.75 Å². The van der Waals surface area contributed by atoms with Gasteiger partial charge in [0.15, 0.2) is 5.96 Å². The van der Waals surface area contributed by atoms with Gasteiger partial charge in [-0.05, 0) is 42.7 Å². The van der Waals surface area contributed by atoms with Crippen molar-refractivity contribution in [2.24, 2.45) is 10.9 Å². The first-order valence-corrected chi connectivity index (χ1v) is 11.1. The van der Waals surface area contributed by atoms with Gasteiger partial charge in [-0.2, -0.15) is 0 Å². The number of ether oxygens (including phenoxy) is 2. The molecule has 0 saturated carbocycles. The van der Waals surface area contributed by atoms with Crippen molar-refractivity contribution in [3.8, 4) is 5.75 Å². The van der Waals surface area contributed by atoms with Crippen LogP contribution < -0.4 is 15.4 Å². The lowest BCUT2D eigenvalue weighted by molar-refractivity contribution is 0.150. The smallest absolute Gasteiger partial charge is 0.191 e. The van der Waals surface area contributed by atoms with E-state index in [2.05, 4.69) is 46.5 Å². The Morgan fingerprint density at radius 3 is 2.67 bits per heavy atom. The molecule has 0 spiro atoms. The molecular formula is C23H39IN4O2. The first kappa shape index (κ1) is 25.2. The molecule has 0 aromatic heterocycles. The van der Waals surface area contributed by atoms with Gasteiger partial charge < -0.3 is 25.0 Å². The van der Waals surface area contributed by atoms with Gasteiger partial charge in [-0.25, -0.2) is 0 Å². The van der Waals surface area contributed by atoms with Gasteiger partial charge >= 0.3 is 0 Å². The molecule has 6 nitrogen and oxygen atoms in total. The molecule has 7 heteroatoms. The van der Waals surface area contributed by atoms with Crippen molar-refractivity contribution < 1.29 is 9.47 Å². The normalized spacial score (nSPS) is 20.8. The minimum absolute atomic E-state index is 0. The number of aliphatic imine (C=N–C) groups is 1. The number of hydrogen-bond donors (Lipinski definition) is 2. The van der Waals surface area contributed by atoms with E-state index >= 15 is 0 Å². The van der Waals surface area contributed by atoms with E-state index in [0.29, 0.717) is 18.6 Å². The molecule has 170 valence electrons. The number of halogens is 1. The second-order valence-corrected chi connectivity index (χ2v) is 8.49. The molecule has 2 N–H and O–H groups in total. The van der Waals surface area contributed by atoms with Crippen LogP contribution in [0.3, 0.4) is 0 Å². The molecule has 30 heavy (non-hydrogen) atoms. The molecule has 2 fully saturated rings. The number of guanidine groups is 1. The van der Waals surface area contributed by atoms with E-state index < -0.39 is 0 Å². The zero-order valence-corrected chi connectivity index (χ0v) is 21.1. The van der Waals surface area contributed by atoms with Crippen LogP contribution in [0.2, 0.25) is 0 Å². The zero-order valence-electron chi connectivity index (χ0n) is 18.7. The highest BCUT2D eigenvalue weighted by atomic mass is 127. The summed E-state index contributed by atoms with van der Waals surface area (Å²) < 4.78 is 11.5. The molecule has 2 aliphatic heterocycles. The molecule has 0 amide bonds. The highest BCUT2D eigenvalue weighted by Crippen LogP contribution is 2.25. The van der Waals surface area contributed by atoms with Gasteiger partial charge in [-0.15, -0.1) is 24.0 Å². The quantitative estimate of drug-likeness (QED) is 0.233. The topological polar surface area (TPSA) is 58.1 Å². The summed E-state index contributed by atoms with van der Waals surface area (Å²) >= 11 is 0. The highest BCUT2D eigenvalue weighted by Gasteiger charge is 2.24. The maximum Gasteiger partial charge on any atom is 0.191 e. The molecule has 2 heterocycles. The summed E-state index contributed by atoms with van der Waals surface area (Å²) in [6, 6.07) is 8.77. The van der Waals surface area contributed by atoms with Gasteiger partial charge in [-0.1, -0.05) is 32.0 Å². The number of benzene rings is 1. The van der Waals surface area contributed by atoms with Crippen molar-refractivity contribution in [3.63, 3.8) is 0 Å². The van der Waals surface area contributed by atoms with Crippen LogP contribution in [-0.2, 0) is 4.74 Å². The van der Waals surface area contributed by atoms with Crippen LogP contribution in [0.25, 0.3) is 0 Å². The largest absolute Gasteiger partial charge is 0.491 e. The highest BCUT2D eigenvalue weighted by molar-refractivity contribution is 14.0. The molecule has 0 radical (unpaired) electrons. The summed E-state index contributed by atoms with van der Waals surface area (Å²) in [7, 11) is 1.83. The molecule has 0 aliphatic carbocycles. The lowest BCUT2D eigenvalue weighted by Crippen LogP contribution is -2.49. The van der Waals surface area contributed by atoms with Gasteiger partial charge in [0.25, 0.3) is 0 Å². The average molecular weight is 530 g/mol. The standard InChI is InChI=1S/C23H38N4O2.HI/c1-18(2)21-6-4-5-7-22(21)29-15-11-25-23(24-3)26-20-8-12-27(13-9-20)16-19-10-14-28-17-19;/h4-7,18-20H,8-17H2,1-3H3,(H2,24,25,26);1H. The molecule has 1 unspecified atom stereocenters. The van der Waals surface area contributed by atoms with E-state index in [-0.39, 0.29) is 24.0 Å². The van der Waals surface area contributed by atoms with Crippen molar-refractivity contribution in [1.82, 2.24) is 15.5 Å². The molecule has 1 atom stereocenters. The van der Waals surface area contributed by atoms with E-state index in [4.69, 9.17) is 9.47 Å². The fourth-order valence-electron chi connectivity index (χ4n) is 4.16. The number of likely N-dealkylation sites (tertiary alicyclic amines) is 1. The second-order valence-electron chi connectivity index (χ2n) is 8.49. The summed E-state index contributed by atoms with van der Waals surface area (Å²) in [6.07, 6.45) is 3.54. The Hall–Kier alpha value is -1.06. The van der Waals surface area contributed by atoms with Gasteiger partial charge in [0.05, 0.1) is 13.2 Å². The van der Waals surface area contributed by atoms with Crippen molar-refractivity contribution in [3.05, 3.63) is 29.8 Å². The van der Waals surface area contributed by atoms with Gasteiger partial charge in [0.1, 0.15) is 12.4 Å². The average Bonchev–Trinajstić information content (AvgIpc) is 3.25. The van der Waals surface area contributed by atoms with Crippen molar-refractivity contribution in [2.75, 3.05) is 53.0 Å².